The zero-order chi connectivity index (χ0) is 13.0. The molecule has 0 amide bonds. The Bertz CT molecular complexity index is 356. The van der Waals surface area contributed by atoms with Crippen LogP contribution in [0.1, 0.15) is 18.2 Å². The molecule has 5 nitrogen and oxygen atoms in total. The topological polar surface area (TPSA) is 44.3 Å². The van der Waals surface area contributed by atoms with Crippen LogP contribution in [0.2, 0.25) is 0 Å². The molecule has 2 unspecified atom stereocenters. The van der Waals surface area contributed by atoms with Crippen molar-refractivity contribution in [3.63, 3.8) is 0 Å². The summed E-state index contributed by atoms with van der Waals surface area (Å²) < 4.78 is 0. The number of nitrogens with one attached hydrogen (secondary N) is 1. The van der Waals surface area contributed by atoms with Gasteiger partial charge in [-0.25, -0.2) is 0 Å². The molecule has 18 heavy (non-hydrogen) atoms. The molecule has 1 aliphatic heterocycles. The molecule has 1 fully saturated rings. The number of rotatable bonds is 4. The van der Waals surface area contributed by atoms with Gasteiger partial charge >= 0.3 is 0 Å². The third kappa shape index (κ3) is 3.25. The number of hydrogen-bond donors (Lipinski definition) is 1. The Kier molecular flexibility index (Phi) is 4.63. The second kappa shape index (κ2) is 6.22. The second-order valence-electron chi connectivity index (χ2n) is 5.10. The Labute approximate surface area is 109 Å². The lowest BCUT2D eigenvalue weighted by Crippen LogP contribution is -2.51. The van der Waals surface area contributed by atoms with Crippen LogP contribution in [0.4, 0.5) is 0 Å². The lowest BCUT2D eigenvalue weighted by Gasteiger charge is -2.39. The van der Waals surface area contributed by atoms with Gasteiger partial charge in [0.2, 0.25) is 0 Å². The molecule has 0 spiro atoms. The molecule has 100 valence electrons. The first-order chi connectivity index (χ1) is 8.70. The fourth-order valence-corrected chi connectivity index (χ4v) is 2.51. The van der Waals surface area contributed by atoms with Gasteiger partial charge in [-0.3, -0.25) is 9.97 Å². The molecule has 0 bridgehead atoms. The SMILES string of the molecule is CNC(CC1CN(C)CCN1C)c1cnccn1. The molecule has 1 aliphatic rings. The van der Waals surface area contributed by atoms with Crippen LogP contribution in [-0.2, 0) is 0 Å². The van der Waals surface area contributed by atoms with E-state index in [9.17, 15) is 0 Å². The van der Waals surface area contributed by atoms with Crippen LogP contribution < -0.4 is 5.32 Å². The monoisotopic (exact) mass is 249 g/mol. The third-order valence-corrected chi connectivity index (χ3v) is 3.78. The van der Waals surface area contributed by atoms with Crippen molar-refractivity contribution in [3.05, 3.63) is 24.3 Å². The maximum absolute atomic E-state index is 4.40. The van der Waals surface area contributed by atoms with E-state index in [1.165, 1.54) is 0 Å². The predicted octanol–water partition coefficient (Wildman–Crippen LogP) is 0.373. The number of aromatic nitrogens is 2. The van der Waals surface area contributed by atoms with Crippen molar-refractivity contribution in [3.8, 4) is 0 Å². The molecule has 1 saturated heterocycles. The number of hydrogen-bond acceptors (Lipinski definition) is 5. The molecule has 2 heterocycles. The summed E-state index contributed by atoms with van der Waals surface area (Å²) in [5.41, 5.74) is 1.03. The third-order valence-electron chi connectivity index (χ3n) is 3.78. The first-order valence-electron chi connectivity index (χ1n) is 6.52. The summed E-state index contributed by atoms with van der Waals surface area (Å²) in [6.07, 6.45) is 6.40. The molecule has 5 heteroatoms. The van der Waals surface area contributed by atoms with Crippen molar-refractivity contribution in [1.29, 1.82) is 0 Å². The van der Waals surface area contributed by atoms with Gasteiger partial charge in [0.25, 0.3) is 0 Å². The number of piperazine rings is 1. The molecule has 0 radical (unpaired) electrons. The van der Waals surface area contributed by atoms with Gasteiger partial charge in [0.15, 0.2) is 0 Å². The zero-order valence-corrected chi connectivity index (χ0v) is 11.5. The van der Waals surface area contributed by atoms with E-state index in [1.54, 1.807) is 12.4 Å². The largest absolute Gasteiger partial charge is 0.312 e. The standard InChI is InChI=1S/C13H23N5/c1-14-12(13-9-15-4-5-16-13)8-11-10-17(2)6-7-18(11)3/h4-5,9,11-12,14H,6-8,10H2,1-3H3. The molecular formula is C13H23N5. The summed E-state index contributed by atoms with van der Waals surface area (Å²) >= 11 is 0. The van der Waals surface area contributed by atoms with Crippen LogP contribution >= 0.6 is 0 Å². The quantitative estimate of drug-likeness (QED) is 0.835. The lowest BCUT2D eigenvalue weighted by atomic mass is 10.0. The predicted molar refractivity (Wildman–Crippen MR) is 72.4 cm³/mol. The first kappa shape index (κ1) is 13.4. The Balaban J connectivity index is 2.01. The Morgan fingerprint density at radius 2 is 2.22 bits per heavy atom. The zero-order valence-electron chi connectivity index (χ0n) is 11.5. The van der Waals surface area contributed by atoms with Crippen LogP contribution in [0, 0.1) is 0 Å². The van der Waals surface area contributed by atoms with Gasteiger partial charge in [-0.15, -0.1) is 0 Å². The van der Waals surface area contributed by atoms with Crippen molar-refractivity contribution in [2.24, 2.45) is 0 Å². The normalized spacial score (nSPS) is 24.1. The minimum absolute atomic E-state index is 0.276. The van der Waals surface area contributed by atoms with Crippen LogP contribution in [-0.4, -0.2) is 66.6 Å². The van der Waals surface area contributed by atoms with Gasteiger partial charge in [-0.05, 0) is 27.6 Å². The molecule has 1 aromatic heterocycles. The fraction of sp³-hybridized carbons (Fsp3) is 0.692. The van der Waals surface area contributed by atoms with Crippen LogP contribution in [0.3, 0.4) is 0 Å². The molecule has 1 aromatic rings. The molecular weight excluding hydrogens is 226 g/mol. The van der Waals surface area contributed by atoms with E-state index in [0.29, 0.717) is 6.04 Å². The van der Waals surface area contributed by atoms with E-state index in [2.05, 4.69) is 39.2 Å². The van der Waals surface area contributed by atoms with Crippen molar-refractivity contribution in [2.45, 2.75) is 18.5 Å². The Hall–Kier alpha value is -1.04. The average molecular weight is 249 g/mol. The van der Waals surface area contributed by atoms with Crippen molar-refractivity contribution >= 4 is 0 Å². The highest BCUT2D eigenvalue weighted by Crippen LogP contribution is 2.20. The molecule has 0 aliphatic carbocycles. The van der Waals surface area contributed by atoms with Gasteiger partial charge in [-0.2, -0.15) is 0 Å². The van der Waals surface area contributed by atoms with Crippen LogP contribution in [0.5, 0.6) is 0 Å². The van der Waals surface area contributed by atoms with Crippen LogP contribution in [0.25, 0.3) is 0 Å². The van der Waals surface area contributed by atoms with Crippen molar-refractivity contribution < 1.29 is 0 Å². The molecule has 1 N–H and O–H groups in total. The highest BCUT2D eigenvalue weighted by molar-refractivity contribution is 5.03. The van der Waals surface area contributed by atoms with Crippen molar-refractivity contribution in [1.82, 2.24) is 25.1 Å². The van der Waals surface area contributed by atoms with E-state index in [0.717, 1.165) is 31.7 Å². The number of likely N-dealkylation sites (N-methyl/N-ethyl adjacent to an activating group) is 2. The highest BCUT2D eigenvalue weighted by atomic mass is 15.3. The molecule has 0 saturated carbocycles. The summed E-state index contributed by atoms with van der Waals surface area (Å²) in [5, 5.41) is 3.35. The molecule has 2 rings (SSSR count). The molecule has 0 aromatic carbocycles. The summed E-state index contributed by atoms with van der Waals surface area (Å²) in [6, 6.07) is 0.848. The van der Waals surface area contributed by atoms with E-state index < -0.39 is 0 Å². The van der Waals surface area contributed by atoms with Crippen LogP contribution in [0.15, 0.2) is 18.6 Å². The second-order valence-corrected chi connectivity index (χ2v) is 5.10. The highest BCUT2D eigenvalue weighted by Gasteiger charge is 2.25. The minimum Gasteiger partial charge on any atom is -0.312 e. The smallest absolute Gasteiger partial charge is 0.0756 e. The summed E-state index contributed by atoms with van der Waals surface area (Å²) in [7, 11) is 6.39. The number of nitrogens with zero attached hydrogens (tertiary/aromatic N) is 4. The van der Waals surface area contributed by atoms with Crippen molar-refractivity contribution in [2.75, 3.05) is 40.8 Å². The van der Waals surface area contributed by atoms with Gasteiger partial charge < -0.3 is 15.1 Å². The minimum atomic E-state index is 0.276. The van der Waals surface area contributed by atoms with E-state index in [1.807, 2.05) is 13.2 Å². The van der Waals surface area contributed by atoms with Gasteiger partial charge in [-0.1, -0.05) is 0 Å². The lowest BCUT2D eigenvalue weighted by molar-refractivity contribution is 0.101. The van der Waals surface area contributed by atoms with Gasteiger partial charge in [0.05, 0.1) is 11.7 Å². The van der Waals surface area contributed by atoms with Gasteiger partial charge in [0.1, 0.15) is 0 Å². The van der Waals surface area contributed by atoms with E-state index >= 15 is 0 Å². The average Bonchev–Trinajstić information content (AvgIpc) is 2.41. The maximum Gasteiger partial charge on any atom is 0.0756 e. The van der Waals surface area contributed by atoms with E-state index in [4.69, 9.17) is 0 Å². The summed E-state index contributed by atoms with van der Waals surface area (Å²) in [4.78, 5) is 13.4. The molecule has 2 atom stereocenters. The first-order valence-corrected chi connectivity index (χ1v) is 6.52. The van der Waals surface area contributed by atoms with Gasteiger partial charge in [0, 0.05) is 44.3 Å². The summed E-state index contributed by atoms with van der Waals surface area (Å²) in [5.74, 6) is 0. The van der Waals surface area contributed by atoms with E-state index in [-0.39, 0.29) is 6.04 Å². The summed E-state index contributed by atoms with van der Waals surface area (Å²) in [6.45, 7) is 3.41. The Morgan fingerprint density at radius 3 is 2.89 bits per heavy atom. The maximum atomic E-state index is 4.40. The fourth-order valence-electron chi connectivity index (χ4n) is 2.51. The Morgan fingerprint density at radius 1 is 1.39 bits per heavy atom.